The lowest BCUT2D eigenvalue weighted by atomic mass is 10.1. The van der Waals surface area contributed by atoms with Crippen molar-refractivity contribution in [2.75, 3.05) is 39.2 Å². The minimum absolute atomic E-state index is 0.155. The van der Waals surface area contributed by atoms with E-state index in [0.29, 0.717) is 35.7 Å². The van der Waals surface area contributed by atoms with Crippen molar-refractivity contribution >= 4 is 23.3 Å². The van der Waals surface area contributed by atoms with Gasteiger partial charge in [0.05, 0.1) is 27.4 Å². The van der Waals surface area contributed by atoms with Crippen LogP contribution in [0.3, 0.4) is 0 Å². The van der Waals surface area contributed by atoms with E-state index in [0.717, 1.165) is 5.56 Å². The highest BCUT2D eigenvalue weighted by Crippen LogP contribution is 2.27. The van der Waals surface area contributed by atoms with Crippen LogP contribution in [0.25, 0.3) is 0 Å². The molecule has 0 saturated heterocycles. The second-order valence-electron chi connectivity index (χ2n) is 7.37. The zero-order valence-electron chi connectivity index (χ0n) is 19.1. The molecule has 2 atom stereocenters. The van der Waals surface area contributed by atoms with Crippen LogP contribution in [0.15, 0.2) is 42.5 Å². The zero-order chi connectivity index (χ0) is 25.1. The molecule has 11 nitrogen and oxygen atoms in total. The number of rotatable bonds is 13. The number of nitrogen functional groups attached to an aromatic ring is 1. The maximum atomic E-state index is 12.6. The minimum Gasteiger partial charge on any atom is -0.493 e. The predicted molar refractivity (Wildman–Crippen MR) is 127 cm³/mol. The van der Waals surface area contributed by atoms with Gasteiger partial charge < -0.3 is 41.4 Å². The third-order valence-corrected chi connectivity index (χ3v) is 4.96. The quantitative estimate of drug-likeness (QED) is 0.152. The SMILES string of the molecule is COc1ccc(CCNC(=O)CNC(=O)C(Nc2cccc(C(=N)N)c2)C(O)CO)cc1OC. The number of nitrogens with one attached hydrogen (secondary N) is 4. The van der Waals surface area contributed by atoms with Gasteiger partial charge in [0.25, 0.3) is 0 Å². The van der Waals surface area contributed by atoms with Crippen molar-refractivity contribution in [1.82, 2.24) is 10.6 Å². The van der Waals surface area contributed by atoms with Gasteiger partial charge >= 0.3 is 0 Å². The molecule has 0 spiro atoms. The third-order valence-electron chi connectivity index (χ3n) is 4.96. The minimum atomic E-state index is -1.42. The topological polar surface area (TPSA) is 179 Å². The molecule has 2 rings (SSSR count). The van der Waals surface area contributed by atoms with E-state index in [9.17, 15) is 19.8 Å². The molecule has 0 fully saturated rings. The van der Waals surface area contributed by atoms with Crippen molar-refractivity contribution in [2.24, 2.45) is 5.73 Å². The second-order valence-corrected chi connectivity index (χ2v) is 7.37. The lowest BCUT2D eigenvalue weighted by molar-refractivity contribution is -0.128. The first-order valence-corrected chi connectivity index (χ1v) is 10.5. The van der Waals surface area contributed by atoms with E-state index in [4.69, 9.17) is 20.6 Å². The molecule has 0 saturated carbocycles. The highest BCUT2D eigenvalue weighted by Gasteiger charge is 2.26. The molecule has 0 heterocycles. The summed E-state index contributed by atoms with van der Waals surface area (Å²) in [6, 6.07) is 10.6. The van der Waals surface area contributed by atoms with Gasteiger partial charge in [-0.3, -0.25) is 15.0 Å². The maximum absolute atomic E-state index is 12.6. The number of ether oxygens (including phenoxy) is 2. The van der Waals surface area contributed by atoms with E-state index in [1.165, 1.54) is 6.07 Å². The Morgan fingerprint density at radius 2 is 1.82 bits per heavy atom. The first kappa shape index (κ1) is 26.4. The highest BCUT2D eigenvalue weighted by atomic mass is 16.5. The molecule has 34 heavy (non-hydrogen) atoms. The van der Waals surface area contributed by atoms with Crippen molar-refractivity contribution in [3.05, 3.63) is 53.6 Å². The Morgan fingerprint density at radius 1 is 1.09 bits per heavy atom. The molecule has 2 aromatic carbocycles. The second kappa shape index (κ2) is 13.0. The largest absolute Gasteiger partial charge is 0.493 e. The number of anilines is 1. The molecular formula is C23H31N5O6. The molecule has 0 aromatic heterocycles. The number of methoxy groups -OCH3 is 2. The highest BCUT2D eigenvalue weighted by molar-refractivity contribution is 5.96. The van der Waals surface area contributed by atoms with Gasteiger partial charge in [0.1, 0.15) is 18.0 Å². The molecule has 0 aliphatic rings. The number of hydrogen-bond acceptors (Lipinski definition) is 8. The van der Waals surface area contributed by atoms with Crippen LogP contribution < -0.4 is 31.2 Å². The Bertz CT molecular complexity index is 1000. The van der Waals surface area contributed by atoms with Crippen LogP contribution in [0, 0.1) is 5.41 Å². The van der Waals surface area contributed by atoms with Gasteiger partial charge in [-0.2, -0.15) is 0 Å². The Hall–Kier alpha value is -3.83. The van der Waals surface area contributed by atoms with Gasteiger partial charge in [-0.15, -0.1) is 0 Å². The Balaban J connectivity index is 1.88. The number of aliphatic hydroxyl groups is 2. The average Bonchev–Trinajstić information content (AvgIpc) is 2.85. The molecule has 11 heteroatoms. The molecular weight excluding hydrogens is 442 g/mol. The molecule has 184 valence electrons. The molecule has 0 bridgehead atoms. The van der Waals surface area contributed by atoms with Gasteiger partial charge in [-0.05, 0) is 36.2 Å². The van der Waals surface area contributed by atoms with E-state index >= 15 is 0 Å². The van der Waals surface area contributed by atoms with Crippen LogP contribution in [0.5, 0.6) is 11.5 Å². The number of nitrogens with two attached hydrogens (primary N) is 1. The number of carbonyl (C=O) groups excluding carboxylic acids is 2. The molecule has 0 aliphatic heterocycles. The smallest absolute Gasteiger partial charge is 0.245 e. The van der Waals surface area contributed by atoms with Crippen molar-refractivity contribution in [2.45, 2.75) is 18.6 Å². The van der Waals surface area contributed by atoms with Gasteiger partial charge in [0, 0.05) is 17.8 Å². The molecule has 0 radical (unpaired) electrons. The monoisotopic (exact) mass is 473 g/mol. The van der Waals surface area contributed by atoms with E-state index in [2.05, 4.69) is 16.0 Å². The number of carbonyl (C=O) groups is 2. The number of hydrogen-bond donors (Lipinski definition) is 7. The van der Waals surface area contributed by atoms with Crippen LogP contribution in [0.4, 0.5) is 5.69 Å². The maximum Gasteiger partial charge on any atom is 0.245 e. The van der Waals surface area contributed by atoms with Crippen LogP contribution >= 0.6 is 0 Å². The molecule has 2 aromatic rings. The summed E-state index contributed by atoms with van der Waals surface area (Å²) in [6.07, 6.45) is -0.881. The van der Waals surface area contributed by atoms with E-state index in [1.54, 1.807) is 38.5 Å². The number of aliphatic hydroxyl groups excluding tert-OH is 2. The summed E-state index contributed by atoms with van der Waals surface area (Å²) in [5, 5.41) is 34.9. The van der Waals surface area contributed by atoms with E-state index < -0.39 is 30.6 Å². The van der Waals surface area contributed by atoms with Gasteiger partial charge in [0.15, 0.2) is 11.5 Å². The number of amides is 2. The Labute approximate surface area is 197 Å². The van der Waals surface area contributed by atoms with E-state index in [1.807, 2.05) is 12.1 Å². The van der Waals surface area contributed by atoms with Crippen LogP contribution in [-0.4, -0.2) is 73.9 Å². The predicted octanol–water partition coefficient (Wildman–Crippen LogP) is -0.403. The average molecular weight is 474 g/mol. The summed E-state index contributed by atoms with van der Waals surface area (Å²) in [5.41, 5.74) is 7.25. The Kier molecular flexibility index (Phi) is 10.1. The first-order valence-electron chi connectivity index (χ1n) is 10.5. The molecule has 2 unspecified atom stereocenters. The summed E-state index contributed by atoms with van der Waals surface area (Å²) in [6.45, 7) is -0.646. The lowest BCUT2D eigenvalue weighted by Crippen LogP contribution is -2.50. The molecule has 2 amide bonds. The first-order chi connectivity index (χ1) is 16.3. The fraction of sp³-hybridized carbons (Fsp3) is 0.348. The normalized spacial score (nSPS) is 12.2. The van der Waals surface area contributed by atoms with Crippen LogP contribution in [0.1, 0.15) is 11.1 Å². The standard InChI is InChI=1S/C23H31N5O6/c1-33-18-7-6-14(10-19(18)34-2)8-9-26-20(31)12-27-23(32)21(17(30)13-29)28-16-5-3-4-15(11-16)22(24)25/h3-7,10-11,17,21,28-30H,8-9,12-13H2,1-2H3,(H3,24,25)(H,26,31)(H,27,32). The fourth-order valence-corrected chi connectivity index (χ4v) is 3.12. The summed E-state index contributed by atoms with van der Waals surface area (Å²) in [5.74, 6) is -0.0424. The number of amidine groups is 1. The van der Waals surface area contributed by atoms with Crippen molar-refractivity contribution in [1.29, 1.82) is 5.41 Å². The molecule has 8 N–H and O–H groups in total. The summed E-state index contributed by atoms with van der Waals surface area (Å²) < 4.78 is 10.5. The van der Waals surface area contributed by atoms with Gasteiger partial charge in [-0.25, -0.2) is 0 Å². The van der Waals surface area contributed by atoms with Crippen LogP contribution in [-0.2, 0) is 16.0 Å². The lowest BCUT2D eigenvalue weighted by Gasteiger charge is -2.23. The summed E-state index contributed by atoms with van der Waals surface area (Å²) >= 11 is 0. The van der Waals surface area contributed by atoms with Crippen molar-refractivity contribution < 1.29 is 29.3 Å². The van der Waals surface area contributed by atoms with Gasteiger partial charge in [-0.1, -0.05) is 18.2 Å². The zero-order valence-corrected chi connectivity index (χ0v) is 19.1. The van der Waals surface area contributed by atoms with Crippen molar-refractivity contribution in [3.63, 3.8) is 0 Å². The van der Waals surface area contributed by atoms with Crippen LogP contribution in [0.2, 0.25) is 0 Å². The van der Waals surface area contributed by atoms with Crippen molar-refractivity contribution in [3.8, 4) is 11.5 Å². The molecule has 0 aliphatic carbocycles. The van der Waals surface area contributed by atoms with E-state index in [-0.39, 0.29) is 12.4 Å². The number of benzene rings is 2. The fourth-order valence-electron chi connectivity index (χ4n) is 3.12. The summed E-state index contributed by atoms with van der Waals surface area (Å²) in [4.78, 5) is 24.7. The van der Waals surface area contributed by atoms with Gasteiger partial charge in [0.2, 0.25) is 11.8 Å². The Morgan fingerprint density at radius 3 is 2.47 bits per heavy atom. The summed E-state index contributed by atoms with van der Waals surface area (Å²) in [7, 11) is 3.09. The third kappa shape index (κ3) is 7.64.